The van der Waals surface area contributed by atoms with Crippen molar-refractivity contribution in [3.63, 3.8) is 0 Å². The molecule has 4 aliphatic rings. The SMILES string of the molecule is CC(=O)OC[C@H]1O[C@@H](O[C@@H]2[C@@H](OC(C)=O)[C@H](NC(=O)[C@@H](CCNC(=O)OCc3ccccc3)OC(C)=O)C[C@H](NC(=O)OCc3ccccc3)[C@H]2O[C@H]2O[C@H](CN=[N+]=[N-])[C@@H](O)[C@H](OC(C)=O)[C@H]2NC(=O)OCc2ccccc2)[C@H](OC(C)=O)[C@@H]1O[C@H]1O[C@@H](CNC(=O)OCc2ccccc2)[C@@H](OC(C)=O)[C@H](OC(C)=O)[C@H]1NC(=O)OCc1ccccc1. The number of alkyl carbamates (subject to hydrolysis) is 5. The molecular formula is C81H95N9O32. The largest absolute Gasteiger partial charge is 0.463 e. The van der Waals surface area contributed by atoms with Gasteiger partial charge in [-0.25, -0.2) is 24.0 Å². The van der Waals surface area contributed by atoms with Gasteiger partial charge in [0.15, 0.2) is 55.5 Å². The van der Waals surface area contributed by atoms with E-state index in [1.807, 2.05) is 0 Å². The number of carbonyl (C=O) groups excluding carboxylic acids is 13. The number of rotatable bonds is 36. The van der Waals surface area contributed by atoms with E-state index in [4.69, 9.17) is 85.3 Å². The number of nitrogens with one attached hydrogen (secondary N) is 6. The summed E-state index contributed by atoms with van der Waals surface area (Å²) in [5, 5.41) is 31.2. The molecule has 0 unspecified atom stereocenters. The van der Waals surface area contributed by atoms with Crippen molar-refractivity contribution in [2.45, 2.75) is 217 Å². The summed E-state index contributed by atoms with van der Waals surface area (Å²) in [4.78, 5) is 182. The summed E-state index contributed by atoms with van der Waals surface area (Å²) in [5.74, 6) is -8.62. The van der Waals surface area contributed by atoms with Gasteiger partial charge in [0.2, 0.25) is 0 Å². The van der Waals surface area contributed by atoms with Gasteiger partial charge >= 0.3 is 72.3 Å². The van der Waals surface area contributed by atoms with Crippen molar-refractivity contribution < 1.29 is 153 Å². The summed E-state index contributed by atoms with van der Waals surface area (Å²) in [6, 6.07) is 34.4. The molecule has 41 heteroatoms. The van der Waals surface area contributed by atoms with Gasteiger partial charge in [-0.2, -0.15) is 0 Å². The Morgan fingerprint density at radius 3 is 1.25 bits per heavy atom. The third kappa shape index (κ3) is 29.0. The van der Waals surface area contributed by atoms with E-state index in [-0.39, 0.29) is 26.4 Å². The summed E-state index contributed by atoms with van der Waals surface area (Å²) < 4.78 is 109. The number of ether oxygens (including phenoxy) is 18. The molecule has 3 saturated heterocycles. The Morgan fingerprint density at radius 2 is 0.787 bits per heavy atom. The number of amides is 6. The Labute approximate surface area is 698 Å². The number of hydrogen-bond donors (Lipinski definition) is 7. The lowest BCUT2D eigenvalue weighted by atomic mass is 9.82. The number of nitrogens with zero attached hydrogens (tertiary/aromatic N) is 3. The maximum absolute atomic E-state index is 15.2. The van der Waals surface area contributed by atoms with Crippen molar-refractivity contribution in [1.82, 2.24) is 31.9 Å². The van der Waals surface area contributed by atoms with E-state index in [0.29, 0.717) is 27.8 Å². The first-order valence-electron chi connectivity index (χ1n) is 38.5. The highest BCUT2D eigenvalue weighted by Crippen LogP contribution is 2.40. The molecule has 7 N–H and O–H groups in total. The van der Waals surface area contributed by atoms with Crippen LogP contribution in [0.3, 0.4) is 0 Å². The van der Waals surface area contributed by atoms with Gasteiger partial charge in [-0.05, 0) is 39.8 Å². The second kappa shape index (κ2) is 46.7. The van der Waals surface area contributed by atoms with E-state index in [2.05, 4.69) is 41.9 Å². The number of azide groups is 1. The van der Waals surface area contributed by atoms with Crippen LogP contribution in [-0.2, 0) is 157 Å². The summed E-state index contributed by atoms with van der Waals surface area (Å²) in [5.41, 5.74) is 12.3. The van der Waals surface area contributed by atoms with Crippen LogP contribution in [0, 0.1) is 0 Å². The fraction of sp³-hybridized carbons (Fsp3) is 0.469. The Hall–Kier alpha value is -12.8. The number of benzene rings is 5. The molecule has 1 aliphatic carbocycles. The summed E-state index contributed by atoms with van der Waals surface area (Å²) in [7, 11) is 0. The first-order chi connectivity index (χ1) is 58.6. The van der Waals surface area contributed by atoms with Crippen LogP contribution in [0.5, 0.6) is 0 Å². The fourth-order valence-corrected chi connectivity index (χ4v) is 13.5. The molecule has 5 aromatic rings. The molecule has 41 nitrogen and oxygen atoms in total. The molecule has 122 heavy (non-hydrogen) atoms. The molecule has 0 aromatic heterocycles. The zero-order valence-electron chi connectivity index (χ0n) is 67.2. The van der Waals surface area contributed by atoms with E-state index < -0.39 is 246 Å². The first kappa shape index (κ1) is 93.1. The lowest BCUT2D eigenvalue weighted by Gasteiger charge is -2.50. The van der Waals surface area contributed by atoms with Crippen LogP contribution in [0.1, 0.15) is 89.1 Å². The Bertz CT molecular complexity index is 4390. The second-order valence-corrected chi connectivity index (χ2v) is 28.0. The second-order valence-electron chi connectivity index (χ2n) is 28.0. The van der Waals surface area contributed by atoms with Gasteiger partial charge in [-0.15, -0.1) is 0 Å². The van der Waals surface area contributed by atoms with Gasteiger partial charge in [0.25, 0.3) is 5.91 Å². The van der Waals surface area contributed by atoms with Crippen molar-refractivity contribution in [2.75, 3.05) is 26.2 Å². The standard InChI is InChI=1S/C81H95N9O32/c1-44(91)105-43-61-68(121-75-63(89-81(104)110-42-55-31-21-12-22-32-55)70(115-49(6)96)67(113-47(4)94)60(118-75)36-84-78(101)107-39-52-25-15-9-16-26-52)72(116-50(7)97)76(119-61)122-71-65(112-46(3)93)56(86-73(99)58(111-45(2)92)33-34-83-77(100)106-38-51-23-13-8-14-24-51)35-57(87-79(102)108-40-53-27-17-10-18-28-53)66(71)120-74-62(88-80(103)109-41-54-29-19-11-20-30-54)69(114-48(5)95)64(98)59(117-74)37-85-90-82/h8-32,56-72,74-76,98H,33-43H2,1-7H3,(H,83,100)(H,84,101)(H,86,99)(H,87,102)(H,88,103)(H,89,104)/t56-,57+,58-,59-,60+,61-,62-,63-,64-,65+,66-,67-,68-,69-,70-,71-,72-,74-,75-,76+/m1/s1. The zero-order valence-corrected chi connectivity index (χ0v) is 67.2. The summed E-state index contributed by atoms with van der Waals surface area (Å²) >= 11 is 0. The maximum atomic E-state index is 15.2. The predicted molar refractivity (Wildman–Crippen MR) is 412 cm³/mol. The molecule has 0 spiro atoms. The van der Waals surface area contributed by atoms with E-state index in [1.54, 1.807) is 152 Å². The predicted octanol–water partition coefficient (Wildman–Crippen LogP) is 5.16. The Morgan fingerprint density at radius 1 is 0.402 bits per heavy atom. The average Bonchev–Trinajstić information content (AvgIpc) is 1.71. The highest BCUT2D eigenvalue weighted by atomic mass is 16.8. The molecular weight excluding hydrogens is 1610 g/mol. The first-order valence-corrected chi connectivity index (χ1v) is 38.5. The van der Waals surface area contributed by atoms with Gasteiger partial charge in [0.1, 0.15) is 88.3 Å². The Balaban J connectivity index is 1.19. The van der Waals surface area contributed by atoms with E-state index >= 15 is 4.79 Å². The topological polar surface area (TPSA) is 529 Å². The molecule has 5 aromatic carbocycles. The minimum absolute atomic E-state index is 0.166. The smallest absolute Gasteiger partial charge is 0.407 e. The van der Waals surface area contributed by atoms with Crippen LogP contribution in [-0.4, -0.2) is 232 Å². The quantitative estimate of drug-likeness (QED) is 0.00895. The third-order valence-electron chi connectivity index (χ3n) is 18.7. The average molecular weight is 1710 g/mol. The molecule has 0 bridgehead atoms. The monoisotopic (exact) mass is 1710 g/mol. The van der Waals surface area contributed by atoms with Gasteiger partial charge in [-0.1, -0.05) is 157 Å². The van der Waals surface area contributed by atoms with E-state index in [0.717, 1.165) is 48.5 Å². The normalized spacial score (nSPS) is 25.3. The molecule has 20 atom stereocenters. The minimum atomic E-state index is -2.29. The van der Waals surface area contributed by atoms with Crippen LogP contribution in [0.4, 0.5) is 24.0 Å². The summed E-state index contributed by atoms with van der Waals surface area (Å²) in [6.45, 7) is 2.38. The molecule has 0 radical (unpaired) electrons. The highest BCUT2D eigenvalue weighted by molar-refractivity contribution is 5.84. The molecule has 4 fully saturated rings. The van der Waals surface area contributed by atoms with E-state index in [1.165, 1.54) is 0 Å². The maximum Gasteiger partial charge on any atom is 0.407 e. The number of aliphatic hydroxyl groups is 1. The van der Waals surface area contributed by atoms with Crippen LogP contribution >= 0.6 is 0 Å². The summed E-state index contributed by atoms with van der Waals surface area (Å²) in [6.07, 6.45) is -39.0. The number of hydrogen-bond acceptors (Lipinski definition) is 33. The molecule has 3 heterocycles. The molecule has 656 valence electrons. The number of aliphatic hydroxyl groups excluding tert-OH is 1. The number of esters is 7. The van der Waals surface area contributed by atoms with Crippen LogP contribution in [0.15, 0.2) is 157 Å². The minimum Gasteiger partial charge on any atom is -0.463 e. The molecule has 9 rings (SSSR count). The molecule has 1 saturated carbocycles. The molecule has 6 amide bonds. The Kier molecular flexibility index (Phi) is 35.7. The van der Waals surface area contributed by atoms with Gasteiger partial charge in [-0.3, -0.25) is 38.4 Å². The van der Waals surface area contributed by atoms with Crippen molar-refractivity contribution in [3.8, 4) is 0 Å². The van der Waals surface area contributed by atoms with Crippen molar-refractivity contribution >= 4 is 78.2 Å². The van der Waals surface area contributed by atoms with Crippen molar-refractivity contribution in [3.05, 3.63) is 190 Å². The van der Waals surface area contributed by atoms with Gasteiger partial charge < -0.3 is 122 Å². The highest BCUT2D eigenvalue weighted by Gasteiger charge is 2.60. The van der Waals surface area contributed by atoms with E-state index in [9.17, 15) is 68.2 Å². The van der Waals surface area contributed by atoms with Gasteiger partial charge in [0.05, 0.1) is 31.3 Å². The van der Waals surface area contributed by atoms with Crippen molar-refractivity contribution in [1.29, 1.82) is 0 Å². The van der Waals surface area contributed by atoms with Crippen LogP contribution < -0.4 is 31.9 Å². The fourth-order valence-electron chi connectivity index (χ4n) is 13.5. The van der Waals surface area contributed by atoms with Crippen LogP contribution in [0.2, 0.25) is 0 Å². The van der Waals surface area contributed by atoms with Crippen molar-refractivity contribution in [2.24, 2.45) is 5.11 Å². The zero-order chi connectivity index (χ0) is 87.8. The number of carbonyl (C=O) groups is 13. The van der Waals surface area contributed by atoms with Crippen LogP contribution in [0.25, 0.3) is 10.4 Å². The lowest BCUT2D eigenvalue weighted by Crippen LogP contribution is -2.71. The third-order valence-corrected chi connectivity index (χ3v) is 18.7. The lowest BCUT2D eigenvalue weighted by molar-refractivity contribution is -0.312. The molecule has 3 aliphatic heterocycles. The van der Waals surface area contributed by atoms with Gasteiger partial charge in [0, 0.05) is 66.3 Å².